The maximum absolute atomic E-state index is 13.2. The summed E-state index contributed by atoms with van der Waals surface area (Å²) in [7, 11) is 1.71. The molecule has 156 valence electrons. The third-order valence-corrected chi connectivity index (χ3v) is 5.70. The Hall–Kier alpha value is -3.22. The van der Waals surface area contributed by atoms with Gasteiger partial charge < -0.3 is 14.7 Å². The SMILES string of the molecule is CN(C(=O)C1CC1)c1ccccc1C(=O)N1CCN(C(=O)c2ccc(F)cc2)CC1. The van der Waals surface area contributed by atoms with E-state index < -0.39 is 0 Å². The second kappa shape index (κ2) is 8.26. The Morgan fingerprint density at radius 2 is 1.43 bits per heavy atom. The molecule has 0 N–H and O–H groups in total. The van der Waals surface area contributed by atoms with Crippen molar-refractivity contribution in [2.24, 2.45) is 5.92 Å². The topological polar surface area (TPSA) is 60.9 Å². The summed E-state index contributed by atoms with van der Waals surface area (Å²) in [5.41, 5.74) is 1.54. The monoisotopic (exact) mass is 409 g/mol. The summed E-state index contributed by atoms with van der Waals surface area (Å²) >= 11 is 0. The van der Waals surface area contributed by atoms with Gasteiger partial charge in [0, 0.05) is 44.7 Å². The van der Waals surface area contributed by atoms with Crippen molar-refractivity contribution in [1.82, 2.24) is 9.80 Å². The van der Waals surface area contributed by atoms with E-state index in [1.54, 1.807) is 39.9 Å². The molecule has 2 fully saturated rings. The van der Waals surface area contributed by atoms with Crippen molar-refractivity contribution >= 4 is 23.4 Å². The molecule has 0 unspecified atom stereocenters. The summed E-state index contributed by atoms with van der Waals surface area (Å²) in [6.45, 7) is 1.61. The predicted octanol–water partition coefficient (Wildman–Crippen LogP) is 2.80. The summed E-state index contributed by atoms with van der Waals surface area (Å²) < 4.78 is 13.1. The Kier molecular flexibility index (Phi) is 5.53. The minimum Gasteiger partial charge on any atom is -0.335 e. The molecule has 7 heteroatoms. The highest BCUT2D eigenvalue weighted by Crippen LogP contribution is 2.33. The van der Waals surface area contributed by atoms with Gasteiger partial charge in [0.05, 0.1) is 11.3 Å². The first-order valence-corrected chi connectivity index (χ1v) is 10.2. The van der Waals surface area contributed by atoms with Crippen LogP contribution in [-0.4, -0.2) is 60.7 Å². The Morgan fingerprint density at radius 1 is 0.867 bits per heavy atom. The van der Waals surface area contributed by atoms with E-state index in [1.807, 2.05) is 6.07 Å². The van der Waals surface area contributed by atoms with E-state index in [2.05, 4.69) is 0 Å². The maximum Gasteiger partial charge on any atom is 0.256 e. The molecule has 0 bridgehead atoms. The van der Waals surface area contributed by atoms with Gasteiger partial charge in [0.15, 0.2) is 0 Å². The van der Waals surface area contributed by atoms with Gasteiger partial charge in [0.1, 0.15) is 5.82 Å². The molecule has 6 nitrogen and oxygen atoms in total. The van der Waals surface area contributed by atoms with Gasteiger partial charge in [-0.2, -0.15) is 0 Å². The van der Waals surface area contributed by atoms with Gasteiger partial charge in [-0.05, 0) is 49.2 Å². The van der Waals surface area contributed by atoms with Gasteiger partial charge in [-0.1, -0.05) is 12.1 Å². The first-order valence-electron chi connectivity index (χ1n) is 10.2. The first kappa shape index (κ1) is 20.1. The Morgan fingerprint density at radius 3 is 2.03 bits per heavy atom. The lowest BCUT2D eigenvalue weighted by Gasteiger charge is -2.35. The number of rotatable bonds is 4. The molecule has 1 aliphatic carbocycles. The van der Waals surface area contributed by atoms with Crippen LogP contribution in [0.3, 0.4) is 0 Å². The zero-order valence-electron chi connectivity index (χ0n) is 16.9. The molecule has 30 heavy (non-hydrogen) atoms. The fourth-order valence-corrected chi connectivity index (χ4v) is 3.73. The van der Waals surface area contributed by atoms with Crippen molar-refractivity contribution in [3.05, 3.63) is 65.5 Å². The molecule has 1 aliphatic heterocycles. The minimum atomic E-state index is -0.384. The van der Waals surface area contributed by atoms with Crippen LogP contribution in [0.1, 0.15) is 33.6 Å². The van der Waals surface area contributed by atoms with Crippen LogP contribution < -0.4 is 4.90 Å². The largest absolute Gasteiger partial charge is 0.335 e. The number of carbonyl (C=O) groups is 3. The van der Waals surface area contributed by atoms with Crippen LogP contribution in [0, 0.1) is 11.7 Å². The van der Waals surface area contributed by atoms with Gasteiger partial charge in [-0.3, -0.25) is 14.4 Å². The van der Waals surface area contributed by atoms with Gasteiger partial charge in [-0.15, -0.1) is 0 Å². The number of nitrogens with zero attached hydrogens (tertiary/aromatic N) is 3. The number of anilines is 1. The first-order chi connectivity index (χ1) is 14.5. The molecule has 1 saturated carbocycles. The number of hydrogen-bond acceptors (Lipinski definition) is 3. The van der Waals surface area contributed by atoms with E-state index >= 15 is 0 Å². The molecule has 2 aromatic carbocycles. The standard InChI is InChI=1S/C23H24FN3O3/c1-25(21(28)16-6-7-16)20-5-3-2-4-19(20)23(30)27-14-12-26(13-15-27)22(29)17-8-10-18(24)11-9-17/h2-5,8-11,16H,6-7,12-15H2,1H3. The van der Waals surface area contributed by atoms with Crippen molar-refractivity contribution in [2.75, 3.05) is 38.1 Å². The molecular weight excluding hydrogens is 385 g/mol. The summed E-state index contributed by atoms with van der Waals surface area (Å²) in [6.07, 6.45) is 1.81. The maximum atomic E-state index is 13.2. The smallest absolute Gasteiger partial charge is 0.256 e. The van der Waals surface area contributed by atoms with Crippen LogP contribution in [0.5, 0.6) is 0 Å². The second-order valence-corrected chi connectivity index (χ2v) is 7.78. The van der Waals surface area contributed by atoms with E-state index in [0.29, 0.717) is 43.0 Å². The zero-order chi connectivity index (χ0) is 21.3. The van der Waals surface area contributed by atoms with E-state index in [1.165, 1.54) is 24.3 Å². The number of carbonyl (C=O) groups excluding carboxylic acids is 3. The van der Waals surface area contributed by atoms with Crippen LogP contribution in [0.15, 0.2) is 48.5 Å². The number of amides is 3. The molecule has 0 radical (unpaired) electrons. The number of benzene rings is 2. The number of hydrogen-bond donors (Lipinski definition) is 0. The van der Waals surface area contributed by atoms with Crippen molar-refractivity contribution < 1.29 is 18.8 Å². The highest BCUT2D eigenvalue weighted by atomic mass is 19.1. The zero-order valence-corrected chi connectivity index (χ0v) is 16.9. The average Bonchev–Trinajstić information content (AvgIpc) is 3.63. The van der Waals surface area contributed by atoms with E-state index in [4.69, 9.17) is 0 Å². The molecule has 0 aromatic heterocycles. The molecule has 2 aromatic rings. The number of para-hydroxylation sites is 1. The Labute approximate surface area is 174 Å². The van der Waals surface area contributed by atoms with E-state index in [9.17, 15) is 18.8 Å². The van der Waals surface area contributed by atoms with Gasteiger partial charge >= 0.3 is 0 Å². The molecule has 2 aliphatic rings. The minimum absolute atomic E-state index is 0.0463. The lowest BCUT2D eigenvalue weighted by atomic mass is 10.1. The fourth-order valence-electron chi connectivity index (χ4n) is 3.73. The van der Waals surface area contributed by atoms with Crippen LogP contribution in [0.2, 0.25) is 0 Å². The van der Waals surface area contributed by atoms with Crippen LogP contribution in [0.25, 0.3) is 0 Å². The molecule has 0 spiro atoms. The van der Waals surface area contributed by atoms with Gasteiger partial charge in [-0.25, -0.2) is 4.39 Å². The van der Waals surface area contributed by atoms with Crippen LogP contribution in [-0.2, 0) is 4.79 Å². The number of halogens is 1. The average molecular weight is 409 g/mol. The van der Waals surface area contributed by atoms with Crippen molar-refractivity contribution in [3.63, 3.8) is 0 Å². The summed E-state index contributed by atoms with van der Waals surface area (Å²) in [5.74, 6) is -0.581. The van der Waals surface area contributed by atoms with Crippen LogP contribution in [0.4, 0.5) is 10.1 Å². The van der Waals surface area contributed by atoms with Crippen molar-refractivity contribution in [3.8, 4) is 0 Å². The molecule has 0 atom stereocenters. The lowest BCUT2D eigenvalue weighted by Crippen LogP contribution is -2.50. The van der Waals surface area contributed by atoms with Crippen molar-refractivity contribution in [1.29, 1.82) is 0 Å². The number of piperazine rings is 1. The highest BCUT2D eigenvalue weighted by Gasteiger charge is 2.34. The third kappa shape index (κ3) is 4.06. The lowest BCUT2D eigenvalue weighted by molar-refractivity contribution is -0.119. The normalized spacial score (nSPS) is 16.3. The second-order valence-electron chi connectivity index (χ2n) is 7.78. The molecule has 1 saturated heterocycles. The molecule has 1 heterocycles. The van der Waals surface area contributed by atoms with Crippen molar-refractivity contribution in [2.45, 2.75) is 12.8 Å². The third-order valence-electron chi connectivity index (χ3n) is 5.70. The van der Waals surface area contributed by atoms with Crippen LogP contribution >= 0.6 is 0 Å². The summed E-state index contributed by atoms with van der Waals surface area (Å²) in [4.78, 5) is 43.2. The fraction of sp³-hybridized carbons (Fsp3) is 0.348. The highest BCUT2D eigenvalue weighted by molar-refractivity contribution is 6.05. The van der Waals surface area contributed by atoms with Gasteiger partial charge in [0.25, 0.3) is 11.8 Å². The van der Waals surface area contributed by atoms with Gasteiger partial charge in [0.2, 0.25) is 5.91 Å². The Balaban J connectivity index is 1.43. The Bertz CT molecular complexity index is 964. The molecule has 3 amide bonds. The molecule has 4 rings (SSSR count). The summed E-state index contributed by atoms with van der Waals surface area (Å²) in [5, 5.41) is 0. The quantitative estimate of drug-likeness (QED) is 0.780. The predicted molar refractivity (Wildman–Crippen MR) is 111 cm³/mol. The van der Waals surface area contributed by atoms with E-state index in [0.717, 1.165) is 12.8 Å². The summed E-state index contributed by atoms with van der Waals surface area (Å²) in [6, 6.07) is 12.6. The van der Waals surface area contributed by atoms with E-state index in [-0.39, 0.29) is 29.5 Å². The molecular formula is C23H24FN3O3.